The molecule has 0 saturated carbocycles. The smallest absolute Gasteiger partial charge is 0.198 e. The summed E-state index contributed by atoms with van der Waals surface area (Å²) in [4.78, 5) is 0. The van der Waals surface area contributed by atoms with Gasteiger partial charge in [0.25, 0.3) is 0 Å². The molecule has 1 heterocycles. The molecule has 0 bridgehead atoms. The molecule has 0 aliphatic heterocycles. The van der Waals surface area contributed by atoms with Crippen LogP contribution in [0.4, 0.5) is 17.6 Å². The molecule has 1 aromatic heterocycles. The number of thiophene rings is 1. The Kier molecular flexibility index (Phi) is 2.81. The van der Waals surface area contributed by atoms with Crippen LogP contribution in [0.3, 0.4) is 0 Å². The molecule has 0 aliphatic rings. The maximum Gasteiger partial charge on any atom is 0.198 e. The first kappa shape index (κ1) is 11.3. The fraction of sp³-hybridized carbons (Fsp3) is 0. The second kappa shape index (κ2) is 3.71. The Bertz CT molecular complexity index is 516. The molecule has 0 aliphatic carbocycles. The second-order valence-corrected chi connectivity index (χ2v) is 6.31. The summed E-state index contributed by atoms with van der Waals surface area (Å²) in [5.41, 5.74) is 0. The Hall–Kier alpha value is -0.140. The molecule has 0 amide bonds. The van der Waals surface area contributed by atoms with E-state index < -0.39 is 23.3 Å². The quantitative estimate of drug-likeness (QED) is 0.351. The van der Waals surface area contributed by atoms with Gasteiger partial charge in [-0.25, -0.2) is 17.6 Å². The van der Waals surface area contributed by atoms with E-state index in [1.54, 1.807) is 0 Å². The Balaban J connectivity index is 3.10. The van der Waals surface area contributed by atoms with E-state index in [1.165, 1.54) is 0 Å². The van der Waals surface area contributed by atoms with E-state index in [4.69, 9.17) is 0 Å². The molecule has 0 nitrogen and oxygen atoms in total. The molecule has 0 saturated heterocycles. The standard InChI is InChI=1S/C8Br2F4S/c9-7-1-2(8(10)15-7)4(12)6(14)5(13)3(1)11. The molecular formula is C8Br2F4S. The molecule has 2 rings (SSSR count). The van der Waals surface area contributed by atoms with Crippen molar-refractivity contribution >= 4 is 54.0 Å². The van der Waals surface area contributed by atoms with E-state index in [9.17, 15) is 17.6 Å². The summed E-state index contributed by atoms with van der Waals surface area (Å²) in [6, 6.07) is 0. The van der Waals surface area contributed by atoms with Crippen LogP contribution >= 0.6 is 43.2 Å². The minimum Gasteiger partial charge on any atom is -0.203 e. The van der Waals surface area contributed by atoms with Crippen molar-refractivity contribution in [2.75, 3.05) is 0 Å². The Morgan fingerprint density at radius 2 is 1.00 bits per heavy atom. The van der Waals surface area contributed by atoms with Gasteiger partial charge in [-0.15, -0.1) is 11.3 Å². The summed E-state index contributed by atoms with van der Waals surface area (Å²) in [6.45, 7) is 0. The highest BCUT2D eigenvalue weighted by Crippen LogP contribution is 2.43. The summed E-state index contributed by atoms with van der Waals surface area (Å²) < 4.78 is 52.8. The summed E-state index contributed by atoms with van der Waals surface area (Å²) in [7, 11) is 0. The Morgan fingerprint density at radius 3 is 1.33 bits per heavy atom. The number of halogens is 6. The molecular weight excluding hydrogens is 364 g/mol. The van der Waals surface area contributed by atoms with Gasteiger partial charge in [0.15, 0.2) is 23.3 Å². The average Bonchev–Trinajstić information content (AvgIpc) is 2.47. The van der Waals surface area contributed by atoms with Gasteiger partial charge in [-0.05, 0) is 31.9 Å². The third-order valence-electron chi connectivity index (χ3n) is 1.84. The monoisotopic (exact) mass is 362 g/mol. The predicted molar refractivity (Wildman–Crippen MR) is 57.1 cm³/mol. The fourth-order valence-electron chi connectivity index (χ4n) is 1.18. The topological polar surface area (TPSA) is 0 Å². The highest BCUT2D eigenvalue weighted by Gasteiger charge is 2.25. The van der Waals surface area contributed by atoms with Crippen LogP contribution in [-0.2, 0) is 0 Å². The zero-order chi connectivity index (χ0) is 11.3. The van der Waals surface area contributed by atoms with Crippen molar-refractivity contribution in [2.45, 2.75) is 0 Å². The number of rotatable bonds is 0. The third-order valence-corrected chi connectivity index (χ3v) is 4.37. The Labute approximate surface area is 102 Å². The fourth-order valence-corrected chi connectivity index (χ4v) is 4.29. The van der Waals surface area contributed by atoms with E-state index >= 15 is 0 Å². The van der Waals surface area contributed by atoms with Gasteiger partial charge < -0.3 is 0 Å². The zero-order valence-corrected chi connectivity index (χ0v) is 10.7. The Morgan fingerprint density at radius 1 is 0.667 bits per heavy atom. The van der Waals surface area contributed by atoms with Gasteiger partial charge in [0.1, 0.15) is 0 Å². The minimum absolute atomic E-state index is 0.208. The maximum absolute atomic E-state index is 13.3. The number of benzene rings is 1. The minimum atomic E-state index is -1.80. The lowest BCUT2D eigenvalue weighted by Gasteiger charge is -2.00. The first-order valence-corrected chi connectivity index (χ1v) is 5.94. The lowest BCUT2D eigenvalue weighted by Crippen LogP contribution is -1.96. The van der Waals surface area contributed by atoms with E-state index in [2.05, 4.69) is 31.9 Å². The van der Waals surface area contributed by atoms with Gasteiger partial charge in [0.05, 0.1) is 7.57 Å². The van der Waals surface area contributed by atoms with Crippen molar-refractivity contribution in [3.63, 3.8) is 0 Å². The molecule has 0 atom stereocenters. The molecule has 0 fully saturated rings. The normalized spacial score (nSPS) is 11.3. The first-order valence-electron chi connectivity index (χ1n) is 3.54. The van der Waals surface area contributed by atoms with Gasteiger partial charge in [0, 0.05) is 10.8 Å². The van der Waals surface area contributed by atoms with Crippen LogP contribution in [0.1, 0.15) is 0 Å². The summed E-state index contributed by atoms with van der Waals surface area (Å²) >= 11 is 6.86. The molecule has 15 heavy (non-hydrogen) atoms. The van der Waals surface area contributed by atoms with Crippen molar-refractivity contribution in [3.05, 3.63) is 30.8 Å². The lowest BCUT2D eigenvalue weighted by molar-refractivity contribution is 0.418. The molecule has 0 N–H and O–H groups in total. The summed E-state index contributed by atoms with van der Waals surface area (Å²) in [5, 5.41) is -0.577. The van der Waals surface area contributed by atoms with Crippen LogP contribution < -0.4 is 0 Å². The third kappa shape index (κ3) is 1.52. The van der Waals surface area contributed by atoms with E-state index in [0.29, 0.717) is 0 Å². The second-order valence-electron chi connectivity index (χ2n) is 2.66. The van der Waals surface area contributed by atoms with Crippen LogP contribution in [0.15, 0.2) is 7.57 Å². The molecule has 80 valence electrons. The van der Waals surface area contributed by atoms with Crippen LogP contribution in [0.5, 0.6) is 0 Å². The van der Waals surface area contributed by atoms with Gasteiger partial charge in [-0.2, -0.15) is 0 Å². The molecule has 1 aromatic carbocycles. The highest BCUT2D eigenvalue weighted by molar-refractivity contribution is 9.12. The van der Waals surface area contributed by atoms with Gasteiger partial charge >= 0.3 is 0 Å². The SMILES string of the molecule is Fc1c(F)c(F)c2c(Br)sc(Br)c2c1F. The predicted octanol–water partition coefficient (Wildman–Crippen LogP) is 4.98. The molecule has 0 unspecified atom stereocenters. The zero-order valence-electron chi connectivity index (χ0n) is 6.68. The number of hydrogen-bond donors (Lipinski definition) is 0. The molecule has 0 spiro atoms. The number of hydrogen-bond acceptors (Lipinski definition) is 1. The van der Waals surface area contributed by atoms with Gasteiger partial charge in [-0.3, -0.25) is 0 Å². The molecule has 7 heteroatoms. The number of fused-ring (bicyclic) bond motifs is 1. The largest absolute Gasteiger partial charge is 0.203 e. The van der Waals surface area contributed by atoms with Crippen molar-refractivity contribution < 1.29 is 17.6 Å². The van der Waals surface area contributed by atoms with E-state index in [-0.39, 0.29) is 18.3 Å². The lowest BCUT2D eigenvalue weighted by atomic mass is 10.2. The van der Waals surface area contributed by atoms with Crippen LogP contribution in [0.25, 0.3) is 10.8 Å². The van der Waals surface area contributed by atoms with Gasteiger partial charge in [0.2, 0.25) is 0 Å². The van der Waals surface area contributed by atoms with E-state index in [1.807, 2.05) is 0 Å². The van der Waals surface area contributed by atoms with Crippen LogP contribution in [0, 0.1) is 23.3 Å². The van der Waals surface area contributed by atoms with Crippen molar-refractivity contribution in [3.8, 4) is 0 Å². The molecule has 2 aromatic rings. The summed E-state index contributed by atoms with van der Waals surface area (Å²) in [5.74, 6) is -6.38. The molecule has 0 radical (unpaired) electrons. The summed E-state index contributed by atoms with van der Waals surface area (Å²) in [6.07, 6.45) is 0. The highest BCUT2D eigenvalue weighted by atomic mass is 79.9. The van der Waals surface area contributed by atoms with Gasteiger partial charge in [-0.1, -0.05) is 0 Å². The van der Waals surface area contributed by atoms with Crippen molar-refractivity contribution in [1.29, 1.82) is 0 Å². The van der Waals surface area contributed by atoms with Crippen LogP contribution in [-0.4, -0.2) is 0 Å². The maximum atomic E-state index is 13.3. The average molecular weight is 364 g/mol. The van der Waals surface area contributed by atoms with E-state index in [0.717, 1.165) is 11.3 Å². The first-order chi connectivity index (χ1) is 6.95. The van der Waals surface area contributed by atoms with Crippen LogP contribution in [0.2, 0.25) is 0 Å². The van der Waals surface area contributed by atoms with Crippen molar-refractivity contribution in [1.82, 2.24) is 0 Å². The van der Waals surface area contributed by atoms with Crippen molar-refractivity contribution in [2.24, 2.45) is 0 Å².